The highest BCUT2D eigenvalue weighted by Gasteiger charge is 2.32. The van der Waals surface area contributed by atoms with Gasteiger partial charge in [-0.25, -0.2) is 4.99 Å². The van der Waals surface area contributed by atoms with E-state index in [2.05, 4.69) is 10.3 Å². The van der Waals surface area contributed by atoms with Crippen LogP contribution < -0.4 is 15.0 Å². The first-order chi connectivity index (χ1) is 15.4. The number of hydrogen-bond acceptors (Lipinski definition) is 6. The number of amides is 2. The fourth-order valence-electron chi connectivity index (χ4n) is 3.20. The SMILES string of the molecule is COc1ccc(/C=C2\N=C(SCC(=O)NCCC#N)N(c3cc(C)cc(C)c3)C2=O)cc1. The smallest absolute Gasteiger partial charge is 0.283 e. The summed E-state index contributed by atoms with van der Waals surface area (Å²) in [5.74, 6) is 0.352. The summed E-state index contributed by atoms with van der Waals surface area (Å²) in [6, 6.07) is 15.2. The van der Waals surface area contributed by atoms with Crippen molar-refractivity contribution in [3.8, 4) is 11.8 Å². The van der Waals surface area contributed by atoms with Crippen molar-refractivity contribution in [2.24, 2.45) is 4.99 Å². The van der Waals surface area contributed by atoms with Gasteiger partial charge in [0, 0.05) is 6.54 Å². The molecule has 1 N–H and O–H groups in total. The van der Waals surface area contributed by atoms with E-state index >= 15 is 0 Å². The molecule has 2 aromatic carbocycles. The molecule has 0 radical (unpaired) electrons. The third kappa shape index (κ3) is 5.77. The summed E-state index contributed by atoms with van der Waals surface area (Å²) >= 11 is 1.19. The summed E-state index contributed by atoms with van der Waals surface area (Å²) in [7, 11) is 1.60. The second-order valence-corrected chi connectivity index (χ2v) is 8.17. The van der Waals surface area contributed by atoms with E-state index in [0.717, 1.165) is 22.4 Å². The third-order valence-corrected chi connectivity index (χ3v) is 5.54. The standard InChI is InChI=1S/C24H24N4O3S/c1-16-11-17(2)13-19(12-16)28-23(30)21(14-18-5-7-20(31-3)8-6-18)27-24(28)32-15-22(29)26-10-4-9-25/h5-8,11-14H,4,10,15H2,1-3H3,(H,26,29)/b21-14-. The van der Waals surface area contributed by atoms with E-state index in [1.54, 1.807) is 18.1 Å². The maximum Gasteiger partial charge on any atom is 0.283 e. The van der Waals surface area contributed by atoms with Crippen molar-refractivity contribution in [3.05, 3.63) is 64.9 Å². The summed E-state index contributed by atoms with van der Waals surface area (Å²) < 4.78 is 5.18. The van der Waals surface area contributed by atoms with Gasteiger partial charge in [0.15, 0.2) is 5.17 Å². The Balaban J connectivity index is 1.88. The molecule has 2 amide bonds. The molecule has 1 heterocycles. The average Bonchev–Trinajstić information content (AvgIpc) is 3.07. The number of thioether (sulfide) groups is 1. The monoisotopic (exact) mass is 448 g/mol. The fourth-order valence-corrected chi connectivity index (χ4v) is 4.04. The lowest BCUT2D eigenvalue weighted by atomic mass is 10.1. The molecule has 0 aliphatic carbocycles. The van der Waals surface area contributed by atoms with Gasteiger partial charge < -0.3 is 10.1 Å². The van der Waals surface area contributed by atoms with E-state index in [9.17, 15) is 9.59 Å². The number of nitrogens with zero attached hydrogens (tertiary/aromatic N) is 3. The number of carbonyl (C=O) groups excluding carboxylic acids is 2. The molecule has 3 rings (SSSR count). The largest absolute Gasteiger partial charge is 0.497 e. The lowest BCUT2D eigenvalue weighted by Crippen LogP contribution is -2.32. The molecule has 8 heteroatoms. The predicted octanol–water partition coefficient (Wildman–Crippen LogP) is 3.82. The molecule has 2 aromatic rings. The van der Waals surface area contributed by atoms with Gasteiger partial charge in [0.25, 0.3) is 5.91 Å². The van der Waals surface area contributed by atoms with Gasteiger partial charge in [-0.05, 0) is 60.9 Å². The van der Waals surface area contributed by atoms with E-state index in [-0.39, 0.29) is 24.0 Å². The van der Waals surface area contributed by atoms with Crippen LogP contribution in [0.4, 0.5) is 5.69 Å². The van der Waals surface area contributed by atoms with Crippen molar-refractivity contribution in [1.29, 1.82) is 5.26 Å². The Morgan fingerprint density at radius 1 is 1.22 bits per heavy atom. The summed E-state index contributed by atoms with van der Waals surface area (Å²) in [4.78, 5) is 31.5. The van der Waals surface area contributed by atoms with Gasteiger partial charge in [-0.3, -0.25) is 14.5 Å². The van der Waals surface area contributed by atoms with Gasteiger partial charge in [-0.1, -0.05) is 30.0 Å². The molecule has 7 nitrogen and oxygen atoms in total. The lowest BCUT2D eigenvalue weighted by Gasteiger charge is -2.19. The lowest BCUT2D eigenvalue weighted by molar-refractivity contribution is -0.118. The first-order valence-electron chi connectivity index (χ1n) is 10.0. The first kappa shape index (κ1) is 23.1. The van der Waals surface area contributed by atoms with Crippen molar-refractivity contribution < 1.29 is 14.3 Å². The van der Waals surface area contributed by atoms with Crippen molar-refractivity contribution in [3.63, 3.8) is 0 Å². The molecule has 1 aliphatic heterocycles. The van der Waals surface area contributed by atoms with Crippen LogP contribution in [0.1, 0.15) is 23.1 Å². The first-order valence-corrected chi connectivity index (χ1v) is 11.0. The number of amidine groups is 1. The van der Waals surface area contributed by atoms with Crippen LogP contribution in [-0.2, 0) is 9.59 Å². The molecule has 0 unspecified atom stereocenters. The minimum absolute atomic E-state index is 0.0919. The Kier molecular flexibility index (Phi) is 7.68. The second kappa shape index (κ2) is 10.6. The number of nitrogens with one attached hydrogen (secondary N) is 1. The molecule has 1 aliphatic rings. The number of benzene rings is 2. The fraction of sp³-hybridized carbons (Fsp3) is 0.250. The van der Waals surface area contributed by atoms with Gasteiger partial charge in [-0.2, -0.15) is 5.26 Å². The zero-order chi connectivity index (χ0) is 23.1. The molecule has 0 atom stereocenters. The van der Waals surface area contributed by atoms with Crippen LogP contribution in [0.25, 0.3) is 6.08 Å². The zero-order valence-corrected chi connectivity index (χ0v) is 19.0. The Morgan fingerprint density at radius 3 is 2.53 bits per heavy atom. The minimum atomic E-state index is -0.252. The number of anilines is 1. The quantitative estimate of drug-likeness (QED) is 0.513. The van der Waals surface area contributed by atoms with Crippen LogP contribution >= 0.6 is 11.8 Å². The topological polar surface area (TPSA) is 94.8 Å². The van der Waals surface area contributed by atoms with Crippen molar-refractivity contribution in [2.45, 2.75) is 20.3 Å². The number of ether oxygens (including phenoxy) is 1. The summed E-state index contributed by atoms with van der Waals surface area (Å²) in [6.45, 7) is 4.24. The van der Waals surface area contributed by atoms with Gasteiger partial charge in [-0.15, -0.1) is 0 Å². The highest BCUT2D eigenvalue weighted by Crippen LogP contribution is 2.31. The Labute approximate surface area is 191 Å². The molecule has 32 heavy (non-hydrogen) atoms. The van der Waals surface area contributed by atoms with Gasteiger partial charge >= 0.3 is 0 Å². The zero-order valence-electron chi connectivity index (χ0n) is 18.2. The maximum absolute atomic E-state index is 13.3. The Morgan fingerprint density at radius 2 is 1.91 bits per heavy atom. The molecule has 0 spiro atoms. The molecule has 0 saturated carbocycles. The molecule has 0 aromatic heterocycles. The van der Waals surface area contributed by atoms with Crippen LogP contribution in [0.3, 0.4) is 0 Å². The normalized spacial score (nSPS) is 14.3. The summed E-state index contributed by atoms with van der Waals surface area (Å²) in [6.07, 6.45) is 1.97. The molecular weight excluding hydrogens is 424 g/mol. The van der Waals surface area contributed by atoms with E-state index in [0.29, 0.717) is 23.1 Å². The second-order valence-electron chi connectivity index (χ2n) is 7.23. The Hall–Kier alpha value is -3.57. The molecule has 0 saturated heterocycles. The van der Waals surface area contributed by atoms with Gasteiger partial charge in [0.1, 0.15) is 11.4 Å². The number of nitriles is 1. The number of rotatable bonds is 7. The van der Waals surface area contributed by atoms with Gasteiger partial charge in [0.05, 0.1) is 31.0 Å². The van der Waals surface area contributed by atoms with Crippen LogP contribution in [0.2, 0.25) is 0 Å². The highest BCUT2D eigenvalue weighted by molar-refractivity contribution is 8.14. The minimum Gasteiger partial charge on any atom is -0.497 e. The predicted molar refractivity (Wildman–Crippen MR) is 128 cm³/mol. The van der Waals surface area contributed by atoms with Crippen LogP contribution in [0.5, 0.6) is 5.75 Å². The maximum atomic E-state index is 13.3. The van der Waals surface area contributed by atoms with E-state index in [4.69, 9.17) is 10.00 Å². The summed E-state index contributed by atoms with van der Waals surface area (Å²) in [5.41, 5.74) is 3.88. The number of aliphatic imine (C=N–C) groups is 1. The average molecular weight is 449 g/mol. The van der Waals surface area contributed by atoms with Crippen LogP contribution in [0, 0.1) is 25.2 Å². The van der Waals surface area contributed by atoms with Crippen molar-refractivity contribution in [2.75, 3.05) is 24.3 Å². The number of carbonyl (C=O) groups is 2. The van der Waals surface area contributed by atoms with E-state index in [1.165, 1.54) is 11.8 Å². The van der Waals surface area contributed by atoms with Gasteiger partial charge in [0.2, 0.25) is 5.91 Å². The van der Waals surface area contributed by atoms with Crippen LogP contribution in [0.15, 0.2) is 53.2 Å². The molecule has 164 valence electrons. The van der Waals surface area contributed by atoms with E-state index < -0.39 is 0 Å². The van der Waals surface area contributed by atoms with Crippen LogP contribution in [-0.4, -0.2) is 36.4 Å². The van der Waals surface area contributed by atoms with Crippen molar-refractivity contribution in [1.82, 2.24) is 5.32 Å². The van der Waals surface area contributed by atoms with Crippen molar-refractivity contribution >= 4 is 40.5 Å². The summed E-state index contributed by atoms with van der Waals surface area (Å²) in [5, 5.41) is 11.7. The molecule has 0 bridgehead atoms. The molecular formula is C24H24N4O3S. The number of aryl methyl sites for hydroxylation is 2. The highest BCUT2D eigenvalue weighted by atomic mass is 32.2. The molecule has 0 fully saturated rings. The Bertz CT molecular complexity index is 1100. The van der Waals surface area contributed by atoms with E-state index in [1.807, 2.05) is 62.4 Å². The number of methoxy groups -OCH3 is 1. The third-order valence-electron chi connectivity index (χ3n) is 4.60. The number of hydrogen-bond donors (Lipinski definition) is 1.